The minimum Gasteiger partial charge on any atom is -0.479 e. The Balaban J connectivity index is 2.28. The van der Waals surface area contributed by atoms with Crippen molar-refractivity contribution >= 4 is 15.9 Å². The number of hydrogen-bond acceptors (Lipinski definition) is 2. The average Bonchev–Trinajstić information content (AvgIpc) is 2.08. The van der Waals surface area contributed by atoms with E-state index in [2.05, 4.69) is 21.2 Å². The highest BCUT2D eigenvalue weighted by atomic mass is 79.9. The van der Waals surface area contributed by atoms with Crippen LogP contribution in [-0.2, 0) is 0 Å². The highest BCUT2D eigenvalue weighted by molar-refractivity contribution is 9.10. The standard InChI is InChI=1S/C10H10BrF2NO/c1-10(4-14-5-10)15-9-7(12)2-6(11)3-8(9)13/h2-3,14H,4-5H2,1H3. The van der Waals surface area contributed by atoms with Crippen molar-refractivity contribution in [2.45, 2.75) is 12.5 Å². The molecule has 15 heavy (non-hydrogen) atoms. The first-order chi connectivity index (χ1) is 7.00. The molecule has 2 rings (SSSR count). The van der Waals surface area contributed by atoms with E-state index in [9.17, 15) is 8.78 Å². The molecule has 0 aromatic heterocycles. The number of nitrogens with one attached hydrogen (secondary N) is 1. The summed E-state index contributed by atoms with van der Waals surface area (Å²) < 4.78 is 32.5. The second-order valence-corrected chi connectivity index (χ2v) is 4.77. The summed E-state index contributed by atoms with van der Waals surface area (Å²) in [5.74, 6) is -1.67. The van der Waals surface area contributed by atoms with Crippen molar-refractivity contribution in [3.63, 3.8) is 0 Å². The van der Waals surface area contributed by atoms with Crippen molar-refractivity contribution < 1.29 is 13.5 Å². The molecule has 0 bridgehead atoms. The Morgan fingerprint density at radius 3 is 2.27 bits per heavy atom. The molecule has 0 radical (unpaired) electrons. The van der Waals surface area contributed by atoms with Gasteiger partial charge in [-0.25, -0.2) is 8.78 Å². The van der Waals surface area contributed by atoms with Crippen LogP contribution in [0.1, 0.15) is 6.92 Å². The van der Waals surface area contributed by atoms with Crippen LogP contribution in [0.3, 0.4) is 0 Å². The normalized spacial score (nSPS) is 18.4. The molecule has 1 aliphatic rings. The van der Waals surface area contributed by atoms with Gasteiger partial charge in [0, 0.05) is 17.6 Å². The van der Waals surface area contributed by atoms with Crippen LogP contribution in [-0.4, -0.2) is 18.7 Å². The van der Waals surface area contributed by atoms with E-state index in [-0.39, 0.29) is 5.75 Å². The lowest BCUT2D eigenvalue weighted by Gasteiger charge is -2.39. The second-order valence-electron chi connectivity index (χ2n) is 3.85. The molecule has 2 nitrogen and oxygen atoms in total. The summed E-state index contributed by atoms with van der Waals surface area (Å²) in [7, 11) is 0. The summed E-state index contributed by atoms with van der Waals surface area (Å²) in [6, 6.07) is 2.38. The van der Waals surface area contributed by atoms with E-state index < -0.39 is 17.2 Å². The highest BCUT2D eigenvalue weighted by Crippen LogP contribution is 2.30. The third-order valence-electron chi connectivity index (χ3n) is 2.31. The molecule has 1 saturated heterocycles. The predicted octanol–water partition coefficient (Wildman–Crippen LogP) is 2.47. The number of halogens is 3. The summed E-state index contributed by atoms with van der Waals surface area (Å²) in [5, 5.41) is 2.99. The van der Waals surface area contributed by atoms with Gasteiger partial charge in [-0.2, -0.15) is 0 Å². The van der Waals surface area contributed by atoms with Crippen molar-refractivity contribution in [1.29, 1.82) is 0 Å². The topological polar surface area (TPSA) is 21.3 Å². The quantitative estimate of drug-likeness (QED) is 0.897. The molecule has 1 fully saturated rings. The number of rotatable bonds is 2. The SMILES string of the molecule is CC1(Oc2c(F)cc(Br)cc2F)CNC1. The zero-order chi connectivity index (χ0) is 11.1. The van der Waals surface area contributed by atoms with Gasteiger partial charge in [-0.05, 0) is 19.1 Å². The third-order valence-corrected chi connectivity index (χ3v) is 2.77. The lowest BCUT2D eigenvalue weighted by Crippen LogP contribution is -2.61. The van der Waals surface area contributed by atoms with E-state index in [4.69, 9.17) is 4.74 Å². The average molecular weight is 278 g/mol. The maximum Gasteiger partial charge on any atom is 0.191 e. The second kappa shape index (κ2) is 3.72. The maximum atomic E-state index is 13.4. The molecule has 0 saturated carbocycles. The maximum absolute atomic E-state index is 13.4. The predicted molar refractivity (Wildman–Crippen MR) is 56.0 cm³/mol. The number of hydrogen-bond donors (Lipinski definition) is 1. The van der Waals surface area contributed by atoms with Gasteiger partial charge in [0.15, 0.2) is 17.4 Å². The van der Waals surface area contributed by atoms with Crippen LogP contribution in [0.15, 0.2) is 16.6 Å². The van der Waals surface area contributed by atoms with E-state index in [1.807, 2.05) is 6.92 Å². The van der Waals surface area contributed by atoms with Crippen molar-refractivity contribution in [3.8, 4) is 5.75 Å². The molecular formula is C10H10BrF2NO. The Kier molecular flexibility index (Phi) is 2.68. The Morgan fingerprint density at radius 2 is 1.87 bits per heavy atom. The smallest absolute Gasteiger partial charge is 0.191 e. The van der Waals surface area contributed by atoms with Crippen molar-refractivity contribution in [3.05, 3.63) is 28.2 Å². The van der Waals surface area contributed by atoms with Gasteiger partial charge in [0.25, 0.3) is 0 Å². The van der Waals surface area contributed by atoms with Gasteiger partial charge in [-0.1, -0.05) is 15.9 Å². The Labute approximate surface area is 94.7 Å². The highest BCUT2D eigenvalue weighted by Gasteiger charge is 2.35. The first kappa shape index (κ1) is 10.8. The van der Waals surface area contributed by atoms with Gasteiger partial charge in [-0.15, -0.1) is 0 Å². The zero-order valence-electron chi connectivity index (χ0n) is 8.11. The van der Waals surface area contributed by atoms with E-state index in [0.717, 1.165) is 0 Å². The van der Waals surface area contributed by atoms with Crippen LogP contribution < -0.4 is 10.1 Å². The summed E-state index contributed by atoms with van der Waals surface area (Å²) >= 11 is 3.01. The van der Waals surface area contributed by atoms with Crippen molar-refractivity contribution in [2.24, 2.45) is 0 Å². The van der Waals surface area contributed by atoms with E-state index >= 15 is 0 Å². The van der Waals surface area contributed by atoms with Crippen molar-refractivity contribution in [2.75, 3.05) is 13.1 Å². The van der Waals surface area contributed by atoms with Crippen LogP contribution in [0.5, 0.6) is 5.75 Å². The van der Waals surface area contributed by atoms with Crippen LogP contribution >= 0.6 is 15.9 Å². The lowest BCUT2D eigenvalue weighted by atomic mass is 10.00. The number of benzene rings is 1. The van der Waals surface area contributed by atoms with Crippen LogP contribution in [0.4, 0.5) is 8.78 Å². The van der Waals surface area contributed by atoms with Gasteiger partial charge in [0.1, 0.15) is 5.60 Å². The zero-order valence-corrected chi connectivity index (χ0v) is 9.70. The molecular weight excluding hydrogens is 268 g/mol. The molecule has 0 spiro atoms. The molecule has 82 valence electrons. The third kappa shape index (κ3) is 2.13. The van der Waals surface area contributed by atoms with Crippen LogP contribution in [0.2, 0.25) is 0 Å². The van der Waals surface area contributed by atoms with Gasteiger partial charge in [-0.3, -0.25) is 0 Å². The van der Waals surface area contributed by atoms with E-state index in [1.54, 1.807) is 0 Å². The fourth-order valence-corrected chi connectivity index (χ4v) is 1.82. The minimum atomic E-state index is -0.685. The fourth-order valence-electron chi connectivity index (χ4n) is 1.42. The Hall–Kier alpha value is -0.680. The van der Waals surface area contributed by atoms with Gasteiger partial charge in [0.2, 0.25) is 0 Å². The van der Waals surface area contributed by atoms with Crippen molar-refractivity contribution in [1.82, 2.24) is 5.32 Å². The summed E-state index contributed by atoms with van der Waals surface area (Å²) in [4.78, 5) is 0. The molecule has 1 aromatic rings. The number of ether oxygens (including phenoxy) is 1. The summed E-state index contributed by atoms with van der Waals surface area (Å²) in [6.07, 6.45) is 0. The van der Waals surface area contributed by atoms with Gasteiger partial charge in [0.05, 0.1) is 0 Å². The molecule has 0 amide bonds. The Morgan fingerprint density at radius 1 is 1.33 bits per heavy atom. The lowest BCUT2D eigenvalue weighted by molar-refractivity contribution is 0.0272. The first-order valence-corrected chi connectivity index (χ1v) is 5.34. The molecule has 1 aliphatic heterocycles. The summed E-state index contributed by atoms with van der Waals surface area (Å²) in [5.41, 5.74) is -0.504. The molecule has 5 heteroatoms. The molecule has 1 aromatic carbocycles. The Bertz CT molecular complexity index is 370. The fraction of sp³-hybridized carbons (Fsp3) is 0.400. The van der Waals surface area contributed by atoms with E-state index in [1.165, 1.54) is 12.1 Å². The minimum absolute atomic E-state index is 0.304. The first-order valence-electron chi connectivity index (χ1n) is 4.54. The van der Waals surface area contributed by atoms with E-state index in [0.29, 0.717) is 17.6 Å². The summed E-state index contributed by atoms with van der Waals surface area (Å²) in [6.45, 7) is 3.01. The molecule has 1 heterocycles. The van der Waals surface area contributed by atoms with Crippen LogP contribution in [0, 0.1) is 11.6 Å². The molecule has 1 N–H and O–H groups in total. The molecule has 0 aliphatic carbocycles. The molecule has 0 atom stereocenters. The van der Waals surface area contributed by atoms with Crippen LogP contribution in [0.25, 0.3) is 0 Å². The van der Waals surface area contributed by atoms with Gasteiger partial charge < -0.3 is 10.1 Å². The van der Waals surface area contributed by atoms with Gasteiger partial charge >= 0.3 is 0 Å². The monoisotopic (exact) mass is 277 g/mol. The molecule has 0 unspecified atom stereocenters. The largest absolute Gasteiger partial charge is 0.479 e.